The smallest absolute Gasteiger partial charge is 0.139 e. The SMILES string of the molecule is C#CC.C#CC[NH+]1CCN(c2cn[nH]c2-c2cc(C)c(O)cc2O)CC1. The quantitative estimate of drug-likeness (QED) is 0.615. The van der Waals surface area contributed by atoms with E-state index in [9.17, 15) is 10.2 Å². The Morgan fingerprint density at radius 3 is 2.50 bits per heavy atom. The summed E-state index contributed by atoms with van der Waals surface area (Å²) in [5, 5.41) is 27.0. The third kappa shape index (κ3) is 4.30. The largest absolute Gasteiger partial charge is 0.508 e. The predicted molar refractivity (Wildman–Crippen MR) is 103 cm³/mol. The number of piperazine rings is 1. The summed E-state index contributed by atoms with van der Waals surface area (Å²) in [7, 11) is 0. The van der Waals surface area contributed by atoms with Gasteiger partial charge in [0, 0.05) is 11.6 Å². The number of nitrogens with one attached hydrogen (secondary N) is 2. The molecule has 1 aromatic heterocycles. The Hall–Kier alpha value is -3.09. The van der Waals surface area contributed by atoms with E-state index in [0.717, 1.165) is 44.1 Å². The van der Waals surface area contributed by atoms with Crippen LogP contribution in [-0.4, -0.2) is 53.1 Å². The van der Waals surface area contributed by atoms with Gasteiger partial charge in [0.25, 0.3) is 0 Å². The summed E-state index contributed by atoms with van der Waals surface area (Å²) >= 11 is 0. The van der Waals surface area contributed by atoms with Crippen molar-refractivity contribution in [2.24, 2.45) is 0 Å². The van der Waals surface area contributed by atoms with E-state index in [1.54, 1.807) is 26.1 Å². The van der Waals surface area contributed by atoms with Crippen LogP contribution in [0, 0.1) is 31.6 Å². The normalized spacial score (nSPS) is 14.1. The molecule has 6 nitrogen and oxygen atoms in total. The first-order valence-electron chi connectivity index (χ1n) is 8.47. The standard InChI is InChI=1S/C17H20N4O2.C3H4/c1-3-4-20-5-7-21(8-6-20)14-11-18-19-17(14)13-9-12(2)15(22)10-16(13)23;1-3-2/h1,9-11,22-23H,4-8H2,2H3,(H,18,19);1H,2H3/p+1. The van der Waals surface area contributed by atoms with Gasteiger partial charge in [-0.15, -0.1) is 18.8 Å². The molecule has 6 heteroatoms. The van der Waals surface area contributed by atoms with Crippen LogP contribution in [0.15, 0.2) is 18.3 Å². The van der Waals surface area contributed by atoms with E-state index in [-0.39, 0.29) is 11.5 Å². The number of hydrogen-bond acceptors (Lipinski definition) is 4. The van der Waals surface area contributed by atoms with Crippen molar-refractivity contribution in [3.05, 3.63) is 23.9 Å². The minimum atomic E-state index is 0.0372. The Morgan fingerprint density at radius 1 is 1.23 bits per heavy atom. The van der Waals surface area contributed by atoms with Gasteiger partial charge in [-0.2, -0.15) is 5.10 Å². The van der Waals surface area contributed by atoms with E-state index in [4.69, 9.17) is 6.42 Å². The Labute approximate surface area is 154 Å². The zero-order valence-electron chi connectivity index (χ0n) is 15.2. The lowest BCUT2D eigenvalue weighted by Crippen LogP contribution is -3.14. The fourth-order valence-corrected chi connectivity index (χ4v) is 2.99. The molecule has 2 aromatic rings. The van der Waals surface area contributed by atoms with Crippen LogP contribution < -0.4 is 9.80 Å². The molecule has 0 radical (unpaired) electrons. The van der Waals surface area contributed by atoms with Crippen molar-refractivity contribution in [2.75, 3.05) is 37.6 Å². The summed E-state index contributed by atoms with van der Waals surface area (Å²) in [5.74, 6) is 5.08. The fraction of sp³-hybridized carbons (Fsp3) is 0.350. The summed E-state index contributed by atoms with van der Waals surface area (Å²) in [4.78, 5) is 3.66. The number of quaternary nitrogens is 1. The number of nitrogens with zero attached hydrogens (tertiary/aromatic N) is 2. The number of benzene rings is 1. The average Bonchev–Trinajstić information content (AvgIpc) is 3.09. The molecule has 3 rings (SSSR count). The van der Waals surface area contributed by atoms with E-state index in [2.05, 4.69) is 33.4 Å². The highest BCUT2D eigenvalue weighted by Gasteiger charge is 2.24. The van der Waals surface area contributed by atoms with E-state index >= 15 is 0 Å². The molecule has 1 aliphatic heterocycles. The molecule has 2 heterocycles. The topological polar surface area (TPSA) is 76.8 Å². The molecule has 26 heavy (non-hydrogen) atoms. The first kappa shape index (κ1) is 19.2. The molecular weight excluding hydrogens is 328 g/mol. The molecule has 0 saturated carbocycles. The van der Waals surface area contributed by atoms with Gasteiger partial charge in [-0.05, 0) is 31.4 Å². The highest BCUT2D eigenvalue weighted by atomic mass is 16.3. The van der Waals surface area contributed by atoms with Gasteiger partial charge in [0.15, 0.2) is 0 Å². The van der Waals surface area contributed by atoms with Crippen LogP contribution in [0.2, 0.25) is 0 Å². The number of aromatic hydroxyl groups is 2. The van der Waals surface area contributed by atoms with Gasteiger partial charge >= 0.3 is 0 Å². The Kier molecular flexibility index (Phi) is 6.54. The lowest BCUT2D eigenvalue weighted by atomic mass is 10.1. The number of phenolic OH excluding ortho intramolecular Hbond substituents is 2. The second kappa shape index (κ2) is 8.84. The van der Waals surface area contributed by atoms with Gasteiger partial charge in [0.2, 0.25) is 0 Å². The Morgan fingerprint density at radius 2 is 1.88 bits per heavy atom. The van der Waals surface area contributed by atoms with Gasteiger partial charge < -0.3 is 20.0 Å². The first-order valence-corrected chi connectivity index (χ1v) is 8.47. The monoisotopic (exact) mass is 353 g/mol. The van der Waals surface area contributed by atoms with E-state index < -0.39 is 0 Å². The van der Waals surface area contributed by atoms with Crippen molar-refractivity contribution < 1.29 is 15.1 Å². The molecule has 1 fully saturated rings. The summed E-state index contributed by atoms with van der Waals surface area (Å²) in [5.41, 5.74) is 3.09. The number of anilines is 1. The molecular formula is C20H25N4O2+. The number of aryl methyl sites for hydroxylation is 1. The predicted octanol–water partition coefficient (Wildman–Crippen LogP) is 0.774. The van der Waals surface area contributed by atoms with Crippen molar-refractivity contribution in [1.82, 2.24) is 10.2 Å². The third-order valence-corrected chi connectivity index (χ3v) is 4.37. The molecule has 0 unspecified atom stereocenters. The van der Waals surface area contributed by atoms with Crippen LogP contribution in [0.4, 0.5) is 5.69 Å². The number of H-pyrrole nitrogens is 1. The summed E-state index contributed by atoms with van der Waals surface area (Å²) in [6, 6.07) is 3.13. The maximum atomic E-state index is 10.2. The van der Waals surface area contributed by atoms with Crippen LogP contribution in [0.25, 0.3) is 11.3 Å². The molecule has 4 N–H and O–H groups in total. The molecule has 136 valence electrons. The maximum Gasteiger partial charge on any atom is 0.139 e. The number of aromatic nitrogens is 2. The molecule has 0 amide bonds. The molecule has 0 aliphatic carbocycles. The average molecular weight is 353 g/mol. The van der Waals surface area contributed by atoms with Gasteiger partial charge in [-0.3, -0.25) is 5.10 Å². The summed E-state index contributed by atoms with van der Waals surface area (Å²) in [6.07, 6.45) is 11.8. The van der Waals surface area contributed by atoms with Crippen molar-refractivity contribution in [1.29, 1.82) is 0 Å². The zero-order valence-corrected chi connectivity index (χ0v) is 15.2. The maximum absolute atomic E-state index is 10.2. The highest BCUT2D eigenvalue weighted by Crippen LogP contribution is 2.38. The van der Waals surface area contributed by atoms with Gasteiger partial charge in [-0.25, -0.2) is 0 Å². The number of phenols is 2. The Bertz CT molecular complexity index is 821. The summed E-state index contributed by atoms with van der Waals surface area (Å²) < 4.78 is 0. The second-order valence-electron chi connectivity index (χ2n) is 6.19. The van der Waals surface area contributed by atoms with Gasteiger partial charge in [0.1, 0.15) is 18.0 Å². The molecule has 0 spiro atoms. The minimum absolute atomic E-state index is 0.0372. The van der Waals surface area contributed by atoms with Crippen LogP contribution in [-0.2, 0) is 0 Å². The second-order valence-corrected chi connectivity index (χ2v) is 6.19. The third-order valence-electron chi connectivity index (χ3n) is 4.37. The van der Waals surface area contributed by atoms with Crippen molar-refractivity contribution in [3.63, 3.8) is 0 Å². The molecule has 0 bridgehead atoms. The van der Waals surface area contributed by atoms with E-state index in [1.165, 1.54) is 11.0 Å². The van der Waals surface area contributed by atoms with Crippen LogP contribution in [0.5, 0.6) is 11.5 Å². The fourth-order valence-electron chi connectivity index (χ4n) is 2.99. The van der Waals surface area contributed by atoms with Crippen LogP contribution >= 0.6 is 0 Å². The van der Waals surface area contributed by atoms with Gasteiger partial charge in [0.05, 0.1) is 43.8 Å². The van der Waals surface area contributed by atoms with Crippen molar-refractivity contribution >= 4 is 5.69 Å². The van der Waals surface area contributed by atoms with Gasteiger partial charge in [-0.1, -0.05) is 0 Å². The summed E-state index contributed by atoms with van der Waals surface area (Å²) in [6.45, 7) is 7.95. The number of aromatic amines is 1. The molecule has 1 aromatic carbocycles. The molecule has 0 atom stereocenters. The van der Waals surface area contributed by atoms with Crippen molar-refractivity contribution in [3.8, 4) is 47.4 Å². The van der Waals surface area contributed by atoms with Crippen LogP contribution in [0.1, 0.15) is 12.5 Å². The number of terminal acetylenes is 2. The Balaban J connectivity index is 0.000000758. The van der Waals surface area contributed by atoms with Crippen molar-refractivity contribution in [2.45, 2.75) is 13.8 Å². The molecule has 1 aliphatic rings. The lowest BCUT2D eigenvalue weighted by Gasteiger charge is -2.32. The molecule has 1 saturated heterocycles. The number of rotatable bonds is 3. The number of hydrogen-bond donors (Lipinski definition) is 4. The lowest BCUT2D eigenvalue weighted by molar-refractivity contribution is -0.893. The van der Waals surface area contributed by atoms with E-state index in [1.807, 2.05) is 0 Å². The zero-order chi connectivity index (χ0) is 19.1. The highest BCUT2D eigenvalue weighted by molar-refractivity contribution is 5.79. The van der Waals surface area contributed by atoms with Crippen LogP contribution in [0.3, 0.4) is 0 Å². The van der Waals surface area contributed by atoms with E-state index in [0.29, 0.717) is 11.1 Å². The minimum Gasteiger partial charge on any atom is -0.508 e. The first-order chi connectivity index (χ1) is 12.5.